The van der Waals surface area contributed by atoms with Gasteiger partial charge >= 0.3 is 5.69 Å². The van der Waals surface area contributed by atoms with E-state index in [-0.39, 0.29) is 30.1 Å². The third-order valence-electron chi connectivity index (χ3n) is 4.39. The molecule has 0 aliphatic carbocycles. The molecule has 29 heavy (non-hydrogen) atoms. The van der Waals surface area contributed by atoms with Crippen molar-refractivity contribution < 1.29 is 10.0 Å². The van der Waals surface area contributed by atoms with Crippen LogP contribution in [-0.4, -0.2) is 37.6 Å². The second kappa shape index (κ2) is 9.56. The van der Waals surface area contributed by atoms with E-state index in [9.17, 15) is 15.2 Å². The lowest BCUT2D eigenvalue weighted by atomic mass is 10.1. The Morgan fingerprint density at radius 3 is 2.59 bits per heavy atom. The van der Waals surface area contributed by atoms with Crippen molar-refractivity contribution in [2.75, 3.05) is 17.2 Å². The van der Waals surface area contributed by atoms with E-state index in [1.165, 1.54) is 0 Å². The van der Waals surface area contributed by atoms with Gasteiger partial charge in [0, 0.05) is 18.3 Å². The molecule has 0 amide bonds. The summed E-state index contributed by atoms with van der Waals surface area (Å²) in [7, 11) is 0. The molecule has 0 unspecified atom stereocenters. The Bertz CT molecular complexity index is 946. The van der Waals surface area contributed by atoms with Crippen LogP contribution in [0.25, 0.3) is 11.3 Å². The van der Waals surface area contributed by atoms with Gasteiger partial charge in [0.15, 0.2) is 0 Å². The van der Waals surface area contributed by atoms with E-state index in [0.29, 0.717) is 13.0 Å². The van der Waals surface area contributed by atoms with Crippen molar-refractivity contribution in [3.05, 3.63) is 70.5 Å². The van der Waals surface area contributed by atoms with Gasteiger partial charge in [-0.15, -0.1) is 0 Å². The van der Waals surface area contributed by atoms with Gasteiger partial charge in [-0.05, 0) is 24.1 Å². The van der Waals surface area contributed by atoms with Crippen molar-refractivity contribution in [1.82, 2.24) is 15.0 Å². The summed E-state index contributed by atoms with van der Waals surface area (Å²) in [6.45, 7) is 2.18. The number of pyridine rings is 1. The number of aliphatic hydroxyl groups excluding tert-OH is 1. The van der Waals surface area contributed by atoms with E-state index in [0.717, 1.165) is 23.0 Å². The highest BCUT2D eigenvalue weighted by Gasteiger charge is 2.19. The molecular formula is C20H22N6O3. The van der Waals surface area contributed by atoms with Gasteiger partial charge in [0.25, 0.3) is 0 Å². The Labute approximate surface area is 168 Å². The second-order valence-corrected chi connectivity index (χ2v) is 6.38. The Morgan fingerprint density at radius 1 is 1.17 bits per heavy atom. The minimum atomic E-state index is -0.549. The number of anilines is 2. The van der Waals surface area contributed by atoms with E-state index in [2.05, 4.69) is 25.6 Å². The summed E-state index contributed by atoms with van der Waals surface area (Å²) in [6.07, 6.45) is 3.51. The quantitative estimate of drug-likeness (QED) is 0.373. The van der Waals surface area contributed by atoms with E-state index >= 15 is 0 Å². The lowest BCUT2D eigenvalue weighted by Gasteiger charge is -2.15. The lowest BCUT2D eigenvalue weighted by Crippen LogP contribution is -2.24. The largest absolute Gasteiger partial charge is 0.394 e. The lowest BCUT2D eigenvalue weighted by molar-refractivity contribution is -0.384. The third-order valence-corrected chi connectivity index (χ3v) is 4.39. The molecule has 0 radical (unpaired) electrons. The molecule has 0 spiro atoms. The van der Waals surface area contributed by atoms with Gasteiger partial charge in [-0.1, -0.05) is 37.3 Å². The number of hydrogen-bond donors (Lipinski definition) is 3. The van der Waals surface area contributed by atoms with Crippen LogP contribution in [0, 0.1) is 10.1 Å². The molecule has 0 saturated heterocycles. The Hall–Kier alpha value is -3.59. The highest BCUT2D eigenvalue weighted by molar-refractivity contribution is 5.59. The number of aliphatic hydroxyl groups is 1. The van der Waals surface area contributed by atoms with Gasteiger partial charge in [0.2, 0.25) is 11.8 Å². The molecule has 0 aliphatic rings. The van der Waals surface area contributed by atoms with E-state index < -0.39 is 4.92 Å². The fourth-order valence-corrected chi connectivity index (χ4v) is 2.68. The zero-order valence-electron chi connectivity index (χ0n) is 15.9. The first-order valence-corrected chi connectivity index (χ1v) is 9.23. The summed E-state index contributed by atoms with van der Waals surface area (Å²) in [5, 5.41) is 26.5. The molecule has 1 atom stereocenters. The molecule has 3 N–H and O–H groups in total. The van der Waals surface area contributed by atoms with Crippen LogP contribution in [0.5, 0.6) is 0 Å². The average molecular weight is 394 g/mol. The van der Waals surface area contributed by atoms with Gasteiger partial charge in [-0.3, -0.25) is 15.1 Å². The molecule has 2 aromatic heterocycles. The van der Waals surface area contributed by atoms with E-state index in [4.69, 9.17) is 0 Å². The molecule has 9 heteroatoms. The van der Waals surface area contributed by atoms with Crippen molar-refractivity contribution in [1.29, 1.82) is 0 Å². The monoisotopic (exact) mass is 394 g/mol. The van der Waals surface area contributed by atoms with E-state index in [1.807, 2.05) is 49.4 Å². The summed E-state index contributed by atoms with van der Waals surface area (Å²) in [6, 6.07) is 13.3. The predicted molar refractivity (Wildman–Crippen MR) is 110 cm³/mol. The number of aromatic nitrogens is 3. The summed E-state index contributed by atoms with van der Waals surface area (Å²) in [4.78, 5) is 23.2. The second-order valence-electron chi connectivity index (χ2n) is 6.38. The molecule has 0 saturated carbocycles. The topological polar surface area (TPSA) is 126 Å². The molecule has 150 valence electrons. The van der Waals surface area contributed by atoms with Crippen molar-refractivity contribution in [3.8, 4) is 11.3 Å². The molecule has 0 bridgehead atoms. The maximum absolute atomic E-state index is 11.2. The first-order valence-electron chi connectivity index (χ1n) is 9.23. The van der Waals surface area contributed by atoms with Gasteiger partial charge in [0.1, 0.15) is 6.20 Å². The summed E-state index contributed by atoms with van der Waals surface area (Å²) >= 11 is 0. The van der Waals surface area contributed by atoms with Crippen LogP contribution in [-0.2, 0) is 6.54 Å². The number of nitro groups is 1. The zero-order chi connectivity index (χ0) is 20.6. The normalized spacial score (nSPS) is 11.7. The van der Waals surface area contributed by atoms with Crippen molar-refractivity contribution in [3.63, 3.8) is 0 Å². The van der Waals surface area contributed by atoms with Crippen LogP contribution < -0.4 is 10.6 Å². The van der Waals surface area contributed by atoms with Crippen LogP contribution in [0.1, 0.15) is 18.9 Å². The highest BCUT2D eigenvalue weighted by Crippen LogP contribution is 2.23. The number of nitrogens with one attached hydrogen (secondary N) is 2. The number of rotatable bonds is 9. The van der Waals surface area contributed by atoms with Crippen LogP contribution in [0.15, 0.2) is 54.9 Å². The Kier molecular flexibility index (Phi) is 6.64. The zero-order valence-corrected chi connectivity index (χ0v) is 15.9. The Morgan fingerprint density at radius 2 is 1.97 bits per heavy atom. The fourth-order valence-electron chi connectivity index (χ4n) is 2.68. The average Bonchev–Trinajstić information content (AvgIpc) is 2.77. The minimum absolute atomic E-state index is 0.0823. The van der Waals surface area contributed by atoms with Crippen molar-refractivity contribution in [2.45, 2.75) is 25.9 Å². The number of hydrogen-bond acceptors (Lipinski definition) is 8. The summed E-state index contributed by atoms with van der Waals surface area (Å²) in [5.41, 5.74) is 2.68. The smallest absolute Gasteiger partial charge is 0.329 e. The van der Waals surface area contributed by atoms with Crippen LogP contribution in [0.2, 0.25) is 0 Å². The van der Waals surface area contributed by atoms with Gasteiger partial charge in [-0.25, -0.2) is 4.98 Å². The summed E-state index contributed by atoms with van der Waals surface area (Å²) < 4.78 is 0. The Balaban J connectivity index is 1.70. The molecule has 0 fully saturated rings. The standard InChI is InChI=1S/C20H22N6O3/c1-2-16(13-27)24-19-18(26(28)29)12-23-20(25-19)22-11-14-6-8-15(9-7-14)17-5-3-4-10-21-17/h3-10,12,16,27H,2,11,13H2,1H3,(H2,22,23,24,25)/t16-/m1/s1. The van der Waals surface area contributed by atoms with Crippen LogP contribution in [0.3, 0.4) is 0 Å². The molecule has 0 aliphatic heterocycles. The first kappa shape index (κ1) is 20.2. The number of nitrogens with zero attached hydrogens (tertiary/aromatic N) is 4. The number of benzene rings is 1. The predicted octanol–water partition coefficient (Wildman–Crippen LogP) is 3.24. The molecule has 9 nitrogen and oxygen atoms in total. The molecule has 3 rings (SSSR count). The maximum atomic E-state index is 11.2. The van der Waals surface area contributed by atoms with Crippen LogP contribution in [0.4, 0.5) is 17.5 Å². The molecule has 2 heterocycles. The minimum Gasteiger partial charge on any atom is -0.394 e. The third kappa shape index (κ3) is 5.23. The highest BCUT2D eigenvalue weighted by atomic mass is 16.6. The first-order chi connectivity index (χ1) is 14.1. The van der Waals surface area contributed by atoms with Gasteiger partial charge in [0.05, 0.1) is 23.3 Å². The fraction of sp³-hybridized carbons (Fsp3) is 0.250. The van der Waals surface area contributed by atoms with Gasteiger partial charge in [-0.2, -0.15) is 4.98 Å². The summed E-state index contributed by atoms with van der Waals surface area (Å²) in [5.74, 6) is 0.346. The molecule has 3 aromatic rings. The van der Waals surface area contributed by atoms with Gasteiger partial charge < -0.3 is 15.7 Å². The SMILES string of the molecule is CC[C@H](CO)Nc1nc(NCc2ccc(-c3ccccn3)cc2)ncc1[N+](=O)[O-]. The van der Waals surface area contributed by atoms with Crippen molar-refractivity contribution in [2.24, 2.45) is 0 Å². The molecular weight excluding hydrogens is 372 g/mol. The molecule has 1 aromatic carbocycles. The van der Waals surface area contributed by atoms with Crippen LogP contribution >= 0.6 is 0 Å². The maximum Gasteiger partial charge on any atom is 0.329 e. The van der Waals surface area contributed by atoms with Crippen molar-refractivity contribution >= 4 is 17.5 Å². The van der Waals surface area contributed by atoms with E-state index in [1.54, 1.807) is 6.20 Å².